The monoisotopic (exact) mass is 421 g/mol. The smallest absolute Gasteiger partial charge is 0.312 e. The van der Waals surface area contributed by atoms with Gasteiger partial charge in [0.1, 0.15) is 5.71 Å². The Morgan fingerprint density at radius 2 is 1.95 bits per heavy atom. The van der Waals surface area contributed by atoms with E-state index in [2.05, 4.69) is 33.8 Å². The van der Waals surface area contributed by atoms with E-state index in [1.165, 1.54) is 20.7 Å². The third-order valence-electron chi connectivity index (χ3n) is 3.76. The van der Waals surface area contributed by atoms with Gasteiger partial charge in [-0.15, -0.1) is 0 Å². The van der Waals surface area contributed by atoms with E-state index in [-0.39, 0.29) is 5.97 Å². The summed E-state index contributed by atoms with van der Waals surface area (Å²) in [4.78, 5) is 18.5. The highest BCUT2D eigenvalue weighted by Gasteiger charge is 2.33. The minimum absolute atomic E-state index is 0.368. The number of halogens is 1. The number of hydrogen-bond acceptors (Lipinski definition) is 4. The van der Waals surface area contributed by atoms with Crippen molar-refractivity contribution in [3.05, 3.63) is 67.0 Å². The second-order valence-corrected chi connectivity index (χ2v) is 8.40. The number of allylic oxidation sites excluding steroid dienone is 4. The zero-order valence-electron chi connectivity index (χ0n) is 11.6. The Bertz CT molecular complexity index is 773. The Hall–Kier alpha value is -1.34. The molecule has 1 aromatic carbocycles. The minimum atomic E-state index is -0.368. The zero-order chi connectivity index (χ0) is 15.1. The molecule has 5 heteroatoms. The maximum atomic E-state index is 12.2. The number of rotatable bonds is 2. The Morgan fingerprint density at radius 3 is 2.68 bits per heavy atom. The van der Waals surface area contributed by atoms with Gasteiger partial charge in [-0.25, -0.2) is 4.79 Å². The van der Waals surface area contributed by atoms with Gasteiger partial charge in [0, 0.05) is 5.56 Å². The van der Waals surface area contributed by atoms with Crippen LogP contribution in [-0.4, -0.2) is 11.7 Å². The highest BCUT2D eigenvalue weighted by atomic mass is 127. The Kier molecular flexibility index (Phi) is 3.69. The van der Waals surface area contributed by atoms with E-state index in [4.69, 9.17) is 4.84 Å². The third kappa shape index (κ3) is 2.67. The van der Waals surface area contributed by atoms with Crippen LogP contribution in [0, 0.1) is 5.92 Å². The SMILES string of the molecule is O=C1ON=C(c2ccccc2)/C1=C1\C=C(I)SC(C2CC2)=C1. The van der Waals surface area contributed by atoms with Crippen molar-refractivity contribution in [3.63, 3.8) is 0 Å². The van der Waals surface area contributed by atoms with Gasteiger partial charge in [-0.3, -0.25) is 0 Å². The van der Waals surface area contributed by atoms with Crippen molar-refractivity contribution >= 4 is 46.0 Å². The summed E-state index contributed by atoms with van der Waals surface area (Å²) in [5.74, 6) is 0.293. The van der Waals surface area contributed by atoms with Gasteiger partial charge >= 0.3 is 5.97 Å². The first-order chi connectivity index (χ1) is 10.7. The number of hydrogen-bond donors (Lipinski definition) is 0. The maximum absolute atomic E-state index is 12.2. The van der Waals surface area contributed by atoms with Gasteiger partial charge in [0.15, 0.2) is 0 Å². The summed E-state index contributed by atoms with van der Waals surface area (Å²) in [5.41, 5.74) is 3.01. The lowest BCUT2D eigenvalue weighted by molar-refractivity contribution is -0.136. The number of oxime groups is 1. The summed E-state index contributed by atoms with van der Waals surface area (Å²) in [7, 11) is 0. The van der Waals surface area contributed by atoms with Crippen LogP contribution in [0.2, 0.25) is 0 Å². The summed E-state index contributed by atoms with van der Waals surface area (Å²) in [6.07, 6.45) is 6.66. The third-order valence-corrected chi connectivity index (χ3v) is 5.73. The molecule has 4 rings (SSSR count). The molecular weight excluding hydrogens is 409 g/mol. The average Bonchev–Trinajstić information content (AvgIpc) is 3.30. The molecule has 0 N–H and O–H groups in total. The molecule has 0 radical (unpaired) electrons. The summed E-state index contributed by atoms with van der Waals surface area (Å²) < 4.78 is 1.18. The first kappa shape index (κ1) is 14.3. The van der Waals surface area contributed by atoms with Crippen LogP contribution in [-0.2, 0) is 9.63 Å². The normalized spacial score (nSPS) is 24.6. The number of nitrogens with zero attached hydrogens (tertiary/aromatic N) is 1. The molecule has 0 spiro atoms. The van der Waals surface area contributed by atoms with Crippen molar-refractivity contribution in [2.45, 2.75) is 12.8 Å². The van der Waals surface area contributed by atoms with Crippen molar-refractivity contribution in [3.8, 4) is 0 Å². The van der Waals surface area contributed by atoms with Gasteiger partial charge in [0.2, 0.25) is 0 Å². The highest BCUT2D eigenvalue weighted by molar-refractivity contribution is 14.1. The van der Waals surface area contributed by atoms with Gasteiger partial charge in [-0.05, 0) is 64.0 Å². The Morgan fingerprint density at radius 1 is 1.18 bits per heavy atom. The van der Waals surface area contributed by atoms with Crippen molar-refractivity contribution in [2.24, 2.45) is 11.1 Å². The van der Waals surface area contributed by atoms with Gasteiger partial charge in [-0.2, -0.15) is 0 Å². The fourth-order valence-corrected chi connectivity index (χ4v) is 4.62. The summed E-state index contributed by atoms with van der Waals surface area (Å²) in [5, 5.41) is 4.00. The molecule has 1 aliphatic carbocycles. The lowest BCUT2D eigenvalue weighted by Crippen LogP contribution is -2.10. The van der Waals surface area contributed by atoms with E-state index in [0.29, 0.717) is 17.2 Å². The predicted molar refractivity (Wildman–Crippen MR) is 96.6 cm³/mol. The standard InChI is InChI=1S/C17H12INO2S/c18-14-9-12(8-13(22-14)10-6-7-10)15-16(19-21-17(15)20)11-4-2-1-3-5-11/h1-5,8-10H,6-7H2/b15-12+. The van der Waals surface area contributed by atoms with Crippen LogP contribution in [0.25, 0.3) is 0 Å². The van der Waals surface area contributed by atoms with E-state index >= 15 is 0 Å². The highest BCUT2D eigenvalue weighted by Crippen LogP contribution is 2.49. The van der Waals surface area contributed by atoms with Gasteiger partial charge in [0.25, 0.3) is 0 Å². The minimum Gasteiger partial charge on any atom is -0.312 e. The van der Waals surface area contributed by atoms with Crippen LogP contribution >= 0.6 is 34.4 Å². The molecule has 0 amide bonds. The van der Waals surface area contributed by atoms with Crippen LogP contribution < -0.4 is 0 Å². The molecule has 2 heterocycles. The van der Waals surface area contributed by atoms with Crippen LogP contribution in [0.15, 0.2) is 66.6 Å². The van der Waals surface area contributed by atoms with Crippen molar-refractivity contribution < 1.29 is 9.63 Å². The molecule has 0 saturated heterocycles. The van der Waals surface area contributed by atoms with Crippen molar-refractivity contribution in [1.82, 2.24) is 0 Å². The molecule has 0 bridgehead atoms. The molecular formula is C17H12INO2S. The Balaban J connectivity index is 1.82. The summed E-state index contributed by atoms with van der Waals surface area (Å²) >= 11 is 4.12. The number of benzene rings is 1. The number of carbonyl (C=O) groups excluding carboxylic acids is 1. The molecule has 0 unspecified atom stereocenters. The lowest BCUT2D eigenvalue weighted by Gasteiger charge is -2.13. The molecule has 22 heavy (non-hydrogen) atoms. The second kappa shape index (κ2) is 5.70. The largest absolute Gasteiger partial charge is 0.368 e. The predicted octanol–water partition coefficient (Wildman–Crippen LogP) is 4.56. The summed E-state index contributed by atoms with van der Waals surface area (Å²) in [6, 6.07) is 9.70. The van der Waals surface area contributed by atoms with E-state index in [0.717, 1.165) is 11.1 Å². The quantitative estimate of drug-likeness (QED) is 0.399. The molecule has 3 nitrogen and oxygen atoms in total. The fourth-order valence-electron chi connectivity index (χ4n) is 2.52. The van der Waals surface area contributed by atoms with E-state index in [1.54, 1.807) is 11.8 Å². The zero-order valence-corrected chi connectivity index (χ0v) is 14.6. The van der Waals surface area contributed by atoms with Gasteiger partial charge in [-0.1, -0.05) is 47.2 Å². The Labute approximate surface area is 146 Å². The van der Waals surface area contributed by atoms with Crippen LogP contribution in [0.4, 0.5) is 0 Å². The van der Waals surface area contributed by atoms with E-state index < -0.39 is 0 Å². The van der Waals surface area contributed by atoms with Crippen LogP contribution in [0.1, 0.15) is 18.4 Å². The van der Waals surface area contributed by atoms with Crippen molar-refractivity contribution in [2.75, 3.05) is 0 Å². The fraction of sp³-hybridized carbons (Fsp3) is 0.176. The summed E-state index contributed by atoms with van der Waals surface area (Å²) in [6.45, 7) is 0. The van der Waals surface area contributed by atoms with E-state index in [9.17, 15) is 4.79 Å². The first-order valence-corrected chi connectivity index (χ1v) is 8.98. The first-order valence-electron chi connectivity index (χ1n) is 7.08. The lowest BCUT2D eigenvalue weighted by atomic mass is 9.97. The topological polar surface area (TPSA) is 38.7 Å². The van der Waals surface area contributed by atoms with Crippen LogP contribution in [0.3, 0.4) is 0 Å². The second-order valence-electron chi connectivity index (χ2n) is 5.39. The van der Waals surface area contributed by atoms with Crippen molar-refractivity contribution in [1.29, 1.82) is 0 Å². The number of thioether (sulfide) groups is 1. The van der Waals surface area contributed by atoms with Gasteiger partial charge in [0.05, 0.1) is 8.48 Å². The average molecular weight is 421 g/mol. The molecule has 1 fully saturated rings. The van der Waals surface area contributed by atoms with E-state index in [1.807, 2.05) is 36.4 Å². The molecule has 2 aliphatic heterocycles. The number of carbonyl (C=O) groups is 1. The molecule has 110 valence electrons. The van der Waals surface area contributed by atoms with Gasteiger partial charge < -0.3 is 4.84 Å². The molecule has 1 saturated carbocycles. The molecule has 1 aromatic rings. The molecule has 0 aromatic heterocycles. The maximum Gasteiger partial charge on any atom is 0.368 e. The molecule has 3 aliphatic rings. The van der Waals surface area contributed by atoms with Crippen LogP contribution in [0.5, 0.6) is 0 Å². The molecule has 0 atom stereocenters.